The lowest BCUT2D eigenvalue weighted by atomic mass is 10.2. The van der Waals surface area contributed by atoms with Gasteiger partial charge in [-0.25, -0.2) is 14.8 Å². The van der Waals surface area contributed by atoms with Crippen LogP contribution in [0.5, 0.6) is 5.75 Å². The molecule has 0 fully saturated rings. The van der Waals surface area contributed by atoms with Gasteiger partial charge >= 0.3 is 5.97 Å². The molecule has 0 atom stereocenters. The third kappa shape index (κ3) is 2.08. The number of hydrogen-bond donors (Lipinski definition) is 0. The van der Waals surface area contributed by atoms with Crippen molar-refractivity contribution in [1.29, 1.82) is 0 Å². The number of nitrogens with zero attached hydrogens (tertiary/aromatic N) is 2. The Labute approximate surface area is 92.0 Å². The smallest absolute Gasteiger partial charge is 0.343 e. The van der Waals surface area contributed by atoms with Crippen molar-refractivity contribution in [3.63, 3.8) is 0 Å². The monoisotopic (exact) mass is 218 g/mol. The number of carbonyl (C=O) groups excluding carboxylic acids is 1. The zero-order valence-corrected chi connectivity index (χ0v) is 8.71. The van der Waals surface area contributed by atoms with E-state index < -0.39 is 5.97 Å². The molecule has 0 aliphatic heterocycles. The number of esters is 1. The maximum absolute atomic E-state index is 10.9. The first-order valence-corrected chi connectivity index (χ1v) is 4.69. The van der Waals surface area contributed by atoms with E-state index in [-0.39, 0.29) is 6.61 Å². The zero-order chi connectivity index (χ0) is 11.4. The number of aromatic nitrogens is 2. The molecule has 0 amide bonds. The van der Waals surface area contributed by atoms with E-state index in [0.717, 1.165) is 5.39 Å². The Morgan fingerprint density at radius 2 is 2.31 bits per heavy atom. The summed E-state index contributed by atoms with van der Waals surface area (Å²) in [5.74, 6) is 0.122. The number of methoxy groups -OCH3 is 1. The number of rotatable bonds is 3. The predicted molar refractivity (Wildman–Crippen MR) is 57.0 cm³/mol. The molecule has 0 saturated carbocycles. The van der Waals surface area contributed by atoms with Crippen LogP contribution in [0.3, 0.4) is 0 Å². The molecule has 1 heterocycles. The van der Waals surface area contributed by atoms with Gasteiger partial charge in [0, 0.05) is 11.6 Å². The van der Waals surface area contributed by atoms with Crippen LogP contribution in [0.25, 0.3) is 10.9 Å². The highest BCUT2D eigenvalue weighted by molar-refractivity contribution is 5.83. The minimum Gasteiger partial charge on any atom is -0.480 e. The Morgan fingerprint density at radius 1 is 1.44 bits per heavy atom. The van der Waals surface area contributed by atoms with Gasteiger partial charge in [-0.15, -0.1) is 0 Å². The third-order valence-electron chi connectivity index (χ3n) is 2.07. The second kappa shape index (κ2) is 4.57. The summed E-state index contributed by atoms with van der Waals surface area (Å²) in [6, 6.07) is 5.44. The van der Waals surface area contributed by atoms with Gasteiger partial charge in [-0.2, -0.15) is 0 Å². The summed E-state index contributed by atoms with van der Waals surface area (Å²) >= 11 is 0. The van der Waals surface area contributed by atoms with Crippen molar-refractivity contribution < 1.29 is 14.3 Å². The molecular formula is C11H10N2O3. The van der Waals surface area contributed by atoms with Gasteiger partial charge in [0.25, 0.3) is 0 Å². The average molecular weight is 218 g/mol. The second-order valence-corrected chi connectivity index (χ2v) is 3.08. The highest BCUT2D eigenvalue weighted by atomic mass is 16.6. The SMILES string of the molecule is COC(=O)COc1cccc2cncnc12. The van der Waals surface area contributed by atoms with Gasteiger partial charge in [0.05, 0.1) is 7.11 Å². The van der Waals surface area contributed by atoms with Gasteiger partial charge in [0.1, 0.15) is 17.6 Å². The molecule has 0 unspecified atom stereocenters. The highest BCUT2D eigenvalue weighted by Crippen LogP contribution is 2.21. The Bertz CT molecular complexity index is 508. The summed E-state index contributed by atoms with van der Waals surface area (Å²) in [6.45, 7) is -0.125. The van der Waals surface area contributed by atoms with Crippen LogP contribution in [0.1, 0.15) is 0 Å². The first kappa shape index (κ1) is 10.4. The molecular weight excluding hydrogens is 208 g/mol. The molecule has 5 nitrogen and oxygen atoms in total. The summed E-state index contributed by atoms with van der Waals surface area (Å²) in [5.41, 5.74) is 0.682. The molecule has 1 aromatic heterocycles. The lowest BCUT2D eigenvalue weighted by Crippen LogP contribution is -2.12. The summed E-state index contributed by atoms with van der Waals surface area (Å²) in [4.78, 5) is 18.9. The average Bonchev–Trinajstić information content (AvgIpc) is 2.35. The highest BCUT2D eigenvalue weighted by Gasteiger charge is 2.06. The molecule has 1 aromatic carbocycles. The van der Waals surface area contributed by atoms with E-state index in [1.54, 1.807) is 12.3 Å². The zero-order valence-electron chi connectivity index (χ0n) is 8.71. The van der Waals surface area contributed by atoms with Gasteiger partial charge in [0.15, 0.2) is 6.61 Å². The molecule has 0 aliphatic rings. The lowest BCUT2D eigenvalue weighted by molar-refractivity contribution is -0.142. The summed E-state index contributed by atoms with van der Waals surface area (Å²) in [5, 5.41) is 0.866. The van der Waals surface area contributed by atoms with Gasteiger partial charge in [-0.05, 0) is 6.07 Å². The molecule has 0 N–H and O–H groups in total. The van der Waals surface area contributed by atoms with E-state index >= 15 is 0 Å². The number of fused-ring (bicyclic) bond motifs is 1. The molecule has 0 saturated heterocycles. The maximum Gasteiger partial charge on any atom is 0.343 e. The second-order valence-electron chi connectivity index (χ2n) is 3.08. The minimum atomic E-state index is -0.425. The third-order valence-corrected chi connectivity index (χ3v) is 2.07. The van der Waals surface area contributed by atoms with E-state index in [2.05, 4.69) is 14.7 Å². The Balaban J connectivity index is 2.27. The molecule has 0 spiro atoms. The van der Waals surface area contributed by atoms with Crippen molar-refractivity contribution in [3.8, 4) is 5.75 Å². The largest absolute Gasteiger partial charge is 0.480 e. The Morgan fingerprint density at radius 3 is 3.12 bits per heavy atom. The fourth-order valence-corrected chi connectivity index (χ4v) is 1.30. The topological polar surface area (TPSA) is 61.3 Å². The molecule has 16 heavy (non-hydrogen) atoms. The van der Waals surface area contributed by atoms with Crippen LogP contribution in [0.15, 0.2) is 30.7 Å². The van der Waals surface area contributed by atoms with Crippen LogP contribution in [-0.4, -0.2) is 29.7 Å². The van der Waals surface area contributed by atoms with Crippen molar-refractivity contribution in [2.45, 2.75) is 0 Å². The van der Waals surface area contributed by atoms with Crippen LogP contribution in [0.2, 0.25) is 0 Å². The van der Waals surface area contributed by atoms with E-state index in [0.29, 0.717) is 11.3 Å². The van der Waals surface area contributed by atoms with Crippen LogP contribution in [0, 0.1) is 0 Å². The quantitative estimate of drug-likeness (QED) is 0.724. The van der Waals surface area contributed by atoms with Gasteiger partial charge < -0.3 is 9.47 Å². The van der Waals surface area contributed by atoms with Gasteiger partial charge in [-0.3, -0.25) is 0 Å². The molecule has 0 radical (unpaired) electrons. The van der Waals surface area contributed by atoms with Crippen molar-refractivity contribution in [3.05, 3.63) is 30.7 Å². The van der Waals surface area contributed by atoms with E-state index in [1.807, 2.05) is 12.1 Å². The standard InChI is InChI=1S/C11H10N2O3/c1-15-10(14)6-16-9-4-2-3-8-5-12-7-13-11(8)9/h2-5,7H,6H2,1H3. The van der Waals surface area contributed by atoms with E-state index in [1.165, 1.54) is 13.4 Å². The van der Waals surface area contributed by atoms with Crippen LogP contribution in [0.4, 0.5) is 0 Å². The van der Waals surface area contributed by atoms with Gasteiger partial charge in [0.2, 0.25) is 0 Å². The summed E-state index contributed by atoms with van der Waals surface area (Å²) in [6.07, 6.45) is 3.13. The number of para-hydroxylation sites is 1. The molecule has 0 aliphatic carbocycles. The number of benzene rings is 1. The predicted octanol–water partition coefficient (Wildman–Crippen LogP) is 1.18. The summed E-state index contributed by atoms with van der Waals surface area (Å²) < 4.78 is 9.79. The Hall–Kier alpha value is -2.17. The van der Waals surface area contributed by atoms with Crippen molar-refractivity contribution >= 4 is 16.9 Å². The van der Waals surface area contributed by atoms with E-state index in [9.17, 15) is 4.79 Å². The number of hydrogen-bond acceptors (Lipinski definition) is 5. The first-order valence-electron chi connectivity index (χ1n) is 4.69. The van der Waals surface area contributed by atoms with Crippen LogP contribution < -0.4 is 4.74 Å². The molecule has 2 aromatic rings. The van der Waals surface area contributed by atoms with Crippen molar-refractivity contribution in [1.82, 2.24) is 9.97 Å². The van der Waals surface area contributed by atoms with Gasteiger partial charge in [-0.1, -0.05) is 12.1 Å². The fraction of sp³-hybridized carbons (Fsp3) is 0.182. The normalized spacial score (nSPS) is 10.1. The minimum absolute atomic E-state index is 0.125. The molecule has 5 heteroatoms. The van der Waals surface area contributed by atoms with Crippen molar-refractivity contribution in [2.75, 3.05) is 13.7 Å². The lowest BCUT2D eigenvalue weighted by Gasteiger charge is -2.06. The van der Waals surface area contributed by atoms with Crippen LogP contribution in [-0.2, 0) is 9.53 Å². The maximum atomic E-state index is 10.9. The number of carbonyl (C=O) groups is 1. The number of ether oxygens (including phenoxy) is 2. The van der Waals surface area contributed by atoms with Crippen molar-refractivity contribution in [2.24, 2.45) is 0 Å². The molecule has 82 valence electrons. The van der Waals surface area contributed by atoms with Crippen LogP contribution >= 0.6 is 0 Å². The van der Waals surface area contributed by atoms with E-state index in [4.69, 9.17) is 4.74 Å². The molecule has 2 rings (SSSR count). The summed E-state index contributed by atoms with van der Waals surface area (Å²) in [7, 11) is 1.32. The Kier molecular flexibility index (Phi) is 2.95. The first-order chi connectivity index (χ1) is 7.81. The molecule has 0 bridgehead atoms. The fourth-order valence-electron chi connectivity index (χ4n) is 1.30.